The van der Waals surface area contributed by atoms with Crippen LogP contribution < -0.4 is 10.6 Å². The summed E-state index contributed by atoms with van der Waals surface area (Å²) in [6, 6.07) is 7.89. The minimum Gasteiger partial charge on any atom is -0.349 e. The number of amides is 2. The van der Waals surface area contributed by atoms with Crippen molar-refractivity contribution in [3.8, 4) is 6.07 Å². The number of nitriles is 1. The van der Waals surface area contributed by atoms with Gasteiger partial charge < -0.3 is 15.2 Å². The Hall–Kier alpha value is -3.33. The molecule has 2 amide bonds. The second-order valence-corrected chi connectivity index (χ2v) is 7.65. The van der Waals surface area contributed by atoms with Gasteiger partial charge in [-0.25, -0.2) is 0 Å². The van der Waals surface area contributed by atoms with Gasteiger partial charge in [0.25, 0.3) is 5.91 Å². The molecule has 0 radical (unpaired) electrons. The lowest BCUT2D eigenvalue weighted by molar-refractivity contribution is -0.121. The molecule has 0 atom stereocenters. The summed E-state index contributed by atoms with van der Waals surface area (Å²) in [6.07, 6.45) is 2.58. The molecule has 2 rings (SSSR count). The lowest BCUT2D eigenvalue weighted by Gasteiger charge is -2.13. The SMILES string of the molecule is CCCn1c(C)cc(/C=C(\C#N)C(=O)NCC(=O)Nc2c(C)cc(C)cc2C)c1C. The summed E-state index contributed by atoms with van der Waals surface area (Å²) in [5.41, 5.74) is 6.71. The Labute approximate surface area is 178 Å². The third-order valence-corrected chi connectivity index (χ3v) is 5.08. The van der Waals surface area contributed by atoms with Crippen LogP contribution in [0.1, 0.15) is 47.0 Å². The smallest absolute Gasteiger partial charge is 0.262 e. The first-order valence-electron chi connectivity index (χ1n) is 10.1. The van der Waals surface area contributed by atoms with Crippen LogP contribution in [0.25, 0.3) is 6.08 Å². The number of carbonyl (C=O) groups excluding carboxylic acids is 2. The molecule has 0 fully saturated rings. The van der Waals surface area contributed by atoms with Crippen molar-refractivity contribution >= 4 is 23.6 Å². The van der Waals surface area contributed by atoms with E-state index in [0.29, 0.717) is 0 Å². The zero-order chi connectivity index (χ0) is 22.4. The Morgan fingerprint density at radius 2 is 1.73 bits per heavy atom. The van der Waals surface area contributed by atoms with Crippen molar-refractivity contribution in [2.75, 3.05) is 11.9 Å². The van der Waals surface area contributed by atoms with Gasteiger partial charge in [0.05, 0.1) is 6.54 Å². The van der Waals surface area contributed by atoms with E-state index in [1.54, 1.807) is 6.08 Å². The highest BCUT2D eigenvalue weighted by molar-refractivity contribution is 6.04. The van der Waals surface area contributed by atoms with Crippen molar-refractivity contribution in [2.45, 2.75) is 54.5 Å². The van der Waals surface area contributed by atoms with E-state index in [1.807, 2.05) is 58.9 Å². The maximum atomic E-state index is 12.5. The van der Waals surface area contributed by atoms with Gasteiger partial charge in [0.15, 0.2) is 0 Å². The van der Waals surface area contributed by atoms with Gasteiger partial charge in [-0.15, -0.1) is 0 Å². The molecule has 30 heavy (non-hydrogen) atoms. The number of hydrogen-bond donors (Lipinski definition) is 2. The van der Waals surface area contributed by atoms with Gasteiger partial charge in [0.2, 0.25) is 5.91 Å². The van der Waals surface area contributed by atoms with E-state index in [1.165, 1.54) is 0 Å². The van der Waals surface area contributed by atoms with E-state index in [0.717, 1.165) is 52.3 Å². The van der Waals surface area contributed by atoms with Crippen molar-refractivity contribution < 1.29 is 9.59 Å². The van der Waals surface area contributed by atoms with E-state index in [2.05, 4.69) is 22.1 Å². The zero-order valence-corrected chi connectivity index (χ0v) is 18.6. The molecular formula is C24H30N4O2. The fourth-order valence-electron chi connectivity index (χ4n) is 3.66. The first kappa shape index (κ1) is 23.0. The molecule has 1 aromatic heterocycles. The number of carbonyl (C=O) groups is 2. The average molecular weight is 407 g/mol. The predicted molar refractivity (Wildman–Crippen MR) is 120 cm³/mol. The number of benzene rings is 1. The van der Waals surface area contributed by atoms with Crippen LogP contribution in [0.3, 0.4) is 0 Å². The van der Waals surface area contributed by atoms with Crippen LogP contribution in [0.5, 0.6) is 0 Å². The van der Waals surface area contributed by atoms with E-state index in [9.17, 15) is 14.9 Å². The fraction of sp³-hybridized carbons (Fsp3) is 0.375. The van der Waals surface area contributed by atoms with Gasteiger partial charge in [-0.2, -0.15) is 5.26 Å². The maximum absolute atomic E-state index is 12.5. The summed E-state index contributed by atoms with van der Waals surface area (Å²) >= 11 is 0. The number of aromatic nitrogens is 1. The molecule has 158 valence electrons. The Kier molecular flexibility index (Phi) is 7.60. The largest absolute Gasteiger partial charge is 0.349 e. The van der Waals surface area contributed by atoms with E-state index < -0.39 is 5.91 Å². The molecule has 1 heterocycles. The van der Waals surface area contributed by atoms with Crippen molar-refractivity contribution in [1.29, 1.82) is 5.26 Å². The monoisotopic (exact) mass is 406 g/mol. The predicted octanol–water partition coefficient (Wildman–Crippen LogP) is 4.10. The molecule has 6 nitrogen and oxygen atoms in total. The van der Waals surface area contributed by atoms with Gasteiger partial charge >= 0.3 is 0 Å². The van der Waals surface area contributed by atoms with Gasteiger partial charge in [-0.3, -0.25) is 9.59 Å². The summed E-state index contributed by atoms with van der Waals surface area (Å²) in [5, 5.41) is 14.8. The van der Waals surface area contributed by atoms with Crippen LogP contribution >= 0.6 is 0 Å². The quantitative estimate of drug-likeness (QED) is 0.536. The number of aryl methyl sites for hydroxylation is 4. The fourth-order valence-corrected chi connectivity index (χ4v) is 3.66. The Morgan fingerprint density at radius 1 is 1.10 bits per heavy atom. The highest BCUT2D eigenvalue weighted by atomic mass is 16.2. The van der Waals surface area contributed by atoms with Crippen LogP contribution in [-0.2, 0) is 16.1 Å². The minimum absolute atomic E-state index is 0.0257. The molecule has 0 spiro atoms. The second-order valence-electron chi connectivity index (χ2n) is 7.65. The van der Waals surface area contributed by atoms with E-state index in [-0.39, 0.29) is 18.0 Å². The van der Waals surface area contributed by atoms with Crippen molar-refractivity contribution in [1.82, 2.24) is 9.88 Å². The molecule has 0 unspecified atom stereocenters. The molecule has 0 aliphatic heterocycles. The van der Waals surface area contributed by atoms with Crippen molar-refractivity contribution in [2.24, 2.45) is 0 Å². The Morgan fingerprint density at radius 3 is 2.30 bits per heavy atom. The number of nitrogens with zero attached hydrogens (tertiary/aromatic N) is 2. The molecule has 0 aliphatic carbocycles. The van der Waals surface area contributed by atoms with Gasteiger partial charge in [-0.1, -0.05) is 24.6 Å². The molecule has 2 aromatic rings. The number of nitrogens with one attached hydrogen (secondary N) is 2. The third-order valence-electron chi connectivity index (χ3n) is 5.08. The minimum atomic E-state index is -0.565. The second kappa shape index (κ2) is 9.93. The van der Waals surface area contributed by atoms with E-state index in [4.69, 9.17) is 0 Å². The summed E-state index contributed by atoms with van der Waals surface area (Å²) < 4.78 is 2.17. The average Bonchev–Trinajstić information content (AvgIpc) is 2.94. The highest BCUT2D eigenvalue weighted by Gasteiger charge is 2.14. The zero-order valence-electron chi connectivity index (χ0n) is 18.6. The standard InChI is InChI=1S/C24H30N4O2/c1-7-8-28-18(5)11-20(19(28)6)12-21(13-25)24(30)26-14-22(29)27-23-16(3)9-15(2)10-17(23)4/h9-12H,7-8,14H2,1-6H3,(H,26,30)(H,27,29)/b21-12+. The van der Waals surface area contributed by atoms with E-state index >= 15 is 0 Å². The number of hydrogen-bond acceptors (Lipinski definition) is 3. The van der Waals surface area contributed by atoms with Crippen LogP contribution in [-0.4, -0.2) is 22.9 Å². The first-order chi connectivity index (χ1) is 14.2. The molecule has 6 heteroatoms. The lowest BCUT2D eigenvalue weighted by atomic mass is 10.1. The summed E-state index contributed by atoms with van der Waals surface area (Å²) in [7, 11) is 0. The van der Waals surface area contributed by atoms with Gasteiger partial charge in [0, 0.05) is 23.6 Å². The maximum Gasteiger partial charge on any atom is 0.262 e. The van der Waals surface area contributed by atoms with Crippen LogP contribution in [0.15, 0.2) is 23.8 Å². The first-order valence-corrected chi connectivity index (χ1v) is 10.1. The van der Waals surface area contributed by atoms with Gasteiger partial charge in [0.1, 0.15) is 11.6 Å². The highest BCUT2D eigenvalue weighted by Crippen LogP contribution is 2.22. The lowest BCUT2D eigenvalue weighted by Crippen LogP contribution is -2.33. The third kappa shape index (κ3) is 5.38. The molecule has 0 saturated carbocycles. The molecule has 0 saturated heterocycles. The topological polar surface area (TPSA) is 86.9 Å². The molecule has 0 bridgehead atoms. The van der Waals surface area contributed by atoms with Crippen LogP contribution in [0.4, 0.5) is 5.69 Å². The summed E-state index contributed by atoms with van der Waals surface area (Å²) in [4.78, 5) is 24.8. The van der Waals surface area contributed by atoms with Gasteiger partial charge in [-0.05, 0) is 69.9 Å². The van der Waals surface area contributed by atoms with Crippen molar-refractivity contribution in [3.63, 3.8) is 0 Å². The Balaban J connectivity index is 2.08. The molecule has 2 N–H and O–H groups in total. The number of rotatable bonds is 7. The van der Waals surface area contributed by atoms with Crippen LogP contribution in [0.2, 0.25) is 0 Å². The molecular weight excluding hydrogens is 376 g/mol. The summed E-state index contributed by atoms with van der Waals surface area (Å²) in [6.45, 7) is 12.6. The van der Waals surface area contributed by atoms with Crippen LogP contribution in [0, 0.1) is 45.9 Å². The van der Waals surface area contributed by atoms with Crippen molar-refractivity contribution in [3.05, 3.63) is 57.4 Å². The summed E-state index contributed by atoms with van der Waals surface area (Å²) in [5.74, 6) is -0.901. The number of anilines is 1. The normalized spacial score (nSPS) is 11.2. The molecule has 0 aliphatic rings. The molecule has 1 aromatic carbocycles. The Bertz CT molecular complexity index is 1020.